The van der Waals surface area contributed by atoms with Gasteiger partial charge >= 0.3 is 5.97 Å². The van der Waals surface area contributed by atoms with Gasteiger partial charge in [0.1, 0.15) is 5.75 Å². The molecule has 0 radical (unpaired) electrons. The van der Waals surface area contributed by atoms with Crippen LogP contribution in [0.25, 0.3) is 10.9 Å². The summed E-state index contributed by atoms with van der Waals surface area (Å²) in [6.07, 6.45) is 0. The molecule has 0 spiro atoms. The van der Waals surface area contributed by atoms with Crippen LogP contribution in [0.15, 0.2) is 48.5 Å². The van der Waals surface area contributed by atoms with Crippen molar-refractivity contribution in [1.82, 2.24) is 9.78 Å². The van der Waals surface area contributed by atoms with Gasteiger partial charge in [0.2, 0.25) is 0 Å². The Morgan fingerprint density at radius 1 is 1.19 bits per heavy atom. The molecule has 0 saturated heterocycles. The molecule has 26 heavy (non-hydrogen) atoms. The van der Waals surface area contributed by atoms with Gasteiger partial charge in [-0.25, -0.2) is 4.79 Å². The minimum Gasteiger partial charge on any atom is -0.497 e. The van der Waals surface area contributed by atoms with Crippen molar-refractivity contribution in [3.63, 3.8) is 0 Å². The van der Waals surface area contributed by atoms with Crippen LogP contribution in [0.3, 0.4) is 0 Å². The first kappa shape index (κ1) is 17.9. The fourth-order valence-corrected chi connectivity index (χ4v) is 2.65. The molecule has 0 unspecified atom stereocenters. The zero-order valence-corrected chi connectivity index (χ0v) is 15.1. The van der Waals surface area contributed by atoms with Crippen molar-refractivity contribution in [1.29, 1.82) is 0 Å². The van der Waals surface area contributed by atoms with Gasteiger partial charge in [-0.05, 0) is 37.6 Å². The zero-order chi connectivity index (χ0) is 18.7. The molecule has 0 atom stereocenters. The molecule has 0 bridgehead atoms. The fourth-order valence-electron chi connectivity index (χ4n) is 2.65. The van der Waals surface area contributed by atoms with Crippen molar-refractivity contribution in [2.24, 2.45) is 0 Å². The average Bonchev–Trinajstić information content (AvgIpc) is 2.97. The second-order valence-electron chi connectivity index (χ2n) is 6.58. The van der Waals surface area contributed by atoms with Crippen LogP contribution in [0.5, 0.6) is 5.75 Å². The van der Waals surface area contributed by atoms with E-state index >= 15 is 0 Å². The summed E-state index contributed by atoms with van der Waals surface area (Å²) in [6.45, 7) is 3.77. The number of aliphatic carboxylic acids is 1. The monoisotopic (exact) mass is 354 g/mol. The quantitative estimate of drug-likeness (QED) is 0.703. The van der Waals surface area contributed by atoms with Crippen molar-refractivity contribution in [2.75, 3.05) is 7.11 Å². The molecule has 3 rings (SSSR count). The number of carboxylic acids is 1. The third kappa shape index (κ3) is 3.70. The molecule has 1 heterocycles. The standard InChI is InChI=1S/C20H22N2O4/c1-20(2,19(23)24)26-13-17-16-11-15(25-3)9-10-18(16)22(21-17)12-14-7-5-4-6-8-14/h4-11H,12-13H2,1-3H3,(H,23,24). The maximum absolute atomic E-state index is 11.3. The summed E-state index contributed by atoms with van der Waals surface area (Å²) < 4.78 is 12.8. The summed E-state index contributed by atoms with van der Waals surface area (Å²) >= 11 is 0. The van der Waals surface area contributed by atoms with Gasteiger partial charge in [0, 0.05) is 5.39 Å². The highest BCUT2D eigenvalue weighted by molar-refractivity contribution is 5.83. The predicted octanol–water partition coefficient (Wildman–Crippen LogP) is 3.47. The summed E-state index contributed by atoms with van der Waals surface area (Å²) in [7, 11) is 1.61. The van der Waals surface area contributed by atoms with Crippen molar-refractivity contribution >= 4 is 16.9 Å². The number of benzene rings is 2. The Hall–Kier alpha value is -2.86. The Balaban J connectivity index is 1.97. The van der Waals surface area contributed by atoms with Crippen LogP contribution in [-0.4, -0.2) is 33.6 Å². The first-order valence-corrected chi connectivity index (χ1v) is 8.35. The van der Waals surface area contributed by atoms with E-state index < -0.39 is 11.6 Å². The molecule has 0 fully saturated rings. The Morgan fingerprint density at radius 3 is 2.58 bits per heavy atom. The van der Waals surface area contributed by atoms with Crippen LogP contribution in [0, 0.1) is 0 Å². The molecule has 6 heteroatoms. The summed E-state index contributed by atoms with van der Waals surface area (Å²) in [5.74, 6) is -0.293. The van der Waals surface area contributed by atoms with Gasteiger partial charge in [-0.1, -0.05) is 30.3 Å². The molecule has 3 aromatic rings. The number of carboxylic acid groups (broad SMARTS) is 1. The van der Waals surface area contributed by atoms with E-state index in [-0.39, 0.29) is 6.61 Å². The van der Waals surface area contributed by atoms with Gasteiger partial charge in [0.25, 0.3) is 0 Å². The van der Waals surface area contributed by atoms with Gasteiger partial charge in [-0.3, -0.25) is 4.68 Å². The predicted molar refractivity (Wildman–Crippen MR) is 98.3 cm³/mol. The minimum atomic E-state index is -1.28. The van der Waals surface area contributed by atoms with Crippen molar-refractivity contribution in [3.8, 4) is 5.75 Å². The third-order valence-corrected chi connectivity index (χ3v) is 4.29. The van der Waals surface area contributed by atoms with Crippen LogP contribution in [0.2, 0.25) is 0 Å². The number of nitrogens with zero attached hydrogens (tertiary/aromatic N) is 2. The molecule has 6 nitrogen and oxygen atoms in total. The number of methoxy groups -OCH3 is 1. The van der Waals surface area contributed by atoms with Crippen molar-refractivity contribution in [3.05, 3.63) is 59.8 Å². The van der Waals surface area contributed by atoms with Crippen LogP contribution < -0.4 is 4.74 Å². The Morgan fingerprint density at radius 2 is 1.92 bits per heavy atom. The van der Waals surface area contributed by atoms with Gasteiger partial charge in [0.15, 0.2) is 5.60 Å². The van der Waals surface area contributed by atoms with Crippen LogP contribution >= 0.6 is 0 Å². The fraction of sp³-hybridized carbons (Fsp3) is 0.300. The summed E-state index contributed by atoms with van der Waals surface area (Å²) in [4.78, 5) is 11.3. The molecule has 0 aliphatic carbocycles. The second-order valence-corrected chi connectivity index (χ2v) is 6.58. The molecule has 136 valence electrons. The van der Waals surface area contributed by atoms with E-state index in [1.165, 1.54) is 13.8 Å². The molecule has 0 saturated carbocycles. The molecule has 2 aromatic carbocycles. The molecule has 0 aliphatic heterocycles. The smallest absolute Gasteiger partial charge is 0.335 e. The summed E-state index contributed by atoms with van der Waals surface area (Å²) in [6, 6.07) is 15.8. The molecule has 0 amide bonds. The highest BCUT2D eigenvalue weighted by atomic mass is 16.5. The normalized spacial score (nSPS) is 11.7. The van der Waals surface area contributed by atoms with E-state index in [4.69, 9.17) is 9.47 Å². The summed E-state index contributed by atoms with van der Waals surface area (Å²) in [5, 5.41) is 14.8. The lowest BCUT2D eigenvalue weighted by atomic mass is 10.1. The lowest BCUT2D eigenvalue weighted by Gasteiger charge is -2.19. The largest absolute Gasteiger partial charge is 0.497 e. The molecule has 1 N–H and O–H groups in total. The van der Waals surface area contributed by atoms with E-state index in [0.29, 0.717) is 12.2 Å². The van der Waals surface area contributed by atoms with Crippen LogP contribution in [0.4, 0.5) is 0 Å². The first-order valence-electron chi connectivity index (χ1n) is 8.35. The zero-order valence-electron chi connectivity index (χ0n) is 15.1. The number of aromatic nitrogens is 2. The van der Waals surface area contributed by atoms with E-state index in [0.717, 1.165) is 22.2 Å². The van der Waals surface area contributed by atoms with E-state index in [1.54, 1.807) is 7.11 Å². The van der Waals surface area contributed by atoms with Crippen molar-refractivity contribution in [2.45, 2.75) is 32.6 Å². The second kappa shape index (κ2) is 7.17. The Bertz CT molecular complexity index is 916. The molecule has 1 aromatic heterocycles. The maximum Gasteiger partial charge on any atom is 0.335 e. The van der Waals surface area contributed by atoms with Gasteiger partial charge in [0.05, 0.1) is 31.5 Å². The highest BCUT2D eigenvalue weighted by Gasteiger charge is 2.28. The molecular weight excluding hydrogens is 332 g/mol. The minimum absolute atomic E-state index is 0.102. The highest BCUT2D eigenvalue weighted by Crippen LogP contribution is 2.26. The van der Waals surface area contributed by atoms with Gasteiger partial charge in [-0.2, -0.15) is 5.10 Å². The number of hydrogen-bond donors (Lipinski definition) is 1. The molecule has 0 aliphatic rings. The van der Waals surface area contributed by atoms with Gasteiger partial charge < -0.3 is 14.6 Å². The van der Waals surface area contributed by atoms with E-state index in [9.17, 15) is 9.90 Å². The summed E-state index contributed by atoms with van der Waals surface area (Å²) in [5.41, 5.74) is 1.48. The molecular formula is C20H22N2O4. The number of carbonyl (C=O) groups is 1. The Kier molecular flexibility index (Phi) is 4.95. The lowest BCUT2D eigenvalue weighted by molar-refractivity contribution is -0.162. The third-order valence-electron chi connectivity index (χ3n) is 4.29. The van der Waals surface area contributed by atoms with Gasteiger partial charge in [-0.15, -0.1) is 0 Å². The number of rotatable bonds is 7. The lowest BCUT2D eigenvalue weighted by Crippen LogP contribution is -2.34. The number of hydrogen-bond acceptors (Lipinski definition) is 4. The topological polar surface area (TPSA) is 73.6 Å². The van der Waals surface area contributed by atoms with E-state index in [2.05, 4.69) is 5.10 Å². The average molecular weight is 354 g/mol. The van der Waals surface area contributed by atoms with Crippen LogP contribution in [-0.2, 0) is 22.7 Å². The van der Waals surface area contributed by atoms with E-state index in [1.807, 2.05) is 53.2 Å². The SMILES string of the molecule is COc1ccc2c(c1)c(COC(C)(C)C(=O)O)nn2Cc1ccccc1. The maximum atomic E-state index is 11.3. The number of fused-ring (bicyclic) bond motifs is 1. The van der Waals surface area contributed by atoms with Crippen molar-refractivity contribution < 1.29 is 19.4 Å². The van der Waals surface area contributed by atoms with Crippen LogP contribution in [0.1, 0.15) is 25.1 Å². The number of ether oxygens (including phenoxy) is 2. The first-order chi connectivity index (χ1) is 12.4. The Labute approximate surface area is 152 Å².